The summed E-state index contributed by atoms with van der Waals surface area (Å²) in [7, 11) is -2.20. The molecule has 0 aliphatic heterocycles. The van der Waals surface area contributed by atoms with E-state index in [0.29, 0.717) is 0 Å². The SMILES string of the molecule is C[Si](C)(C)SC(c1ccccc1)[Si](C)(C)C. The van der Waals surface area contributed by atoms with Crippen molar-refractivity contribution in [1.82, 2.24) is 0 Å². The minimum absolute atomic E-state index is 0.750. The van der Waals surface area contributed by atoms with E-state index in [2.05, 4.69) is 80.8 Å². The monoisotopic (exact) mass is 268 g/mol. The molecular formula is C13H24SSi2. The largest absolute Gasteiger partial charge is 0.181 e. The van der Waals surface area contributed by atoms with E-state index in [9.17, 15) is 0 Å². The molecule has 0 amide bonds. The molecule has 1 aromatic carbocycles. The smallest absolute Gasteiger partial charge is 0.108 e. The van der Waals surface area contributed by atoms with Crippen LogP contribution in [0.4, 0.5) is 0 Å². The van der Waals surface area contributed by atoms with Crippen molar-refractivity contribution in [3.8, 4) is 0 Å². The number of hydrogen-bond donors (Lipinski definition) is 0. The second-order valence-electron chi connectivity index (χ2n) is 6.39. The lowest BCUT2D eigenvalue weighted by molar-refractivity contribution is 1.28. The molecule has 0 aliphatic carbocycles. The van der Waals surface area contributed by atoms with Gasteiger partial charge in [-0.15, -0.1) is 0 Å². The van der Waals surface area contributed by atoms with E-state index in [4.69, 9.17) is 0 Å². The molecule has 0 N–H and O–H groups in total. The van der Waals surface area contributed by atoms with Crippen molar-refractivity contribution in [2.75, 3.05) is 0 Å². The van der Waals surface area contributed by atoms with Gasteiger partial charge in [0.1, 0.15) is 7.22 Å². The normalized spacial score (nSPS) is 14.9. The summed E-state index contributed by atoms with van der Waals surface area (Å²) in [5.74, 6) is 0. The van der Waals surface area contributed by atoms with Gasteiger partial charge < -0.3 is 0 Å². The number of rotatable bonds is 4. The fraction of sp³-hybridized carbons (Fsp3) is 0.538. The summed E-state index contributed by atoms with van der Waals surface area (Å²) in [6, 6.07) is 11.1. The van der Waals surface area contributed by atoms with Gasteiger partial charge in [-0.25, -0.2) is 0 Å². The fourth-order valence-electron chi connectivity index (χ4n) is 1.73. The summed E-state index contributed by atoms with van der Waals surface area (Å²) in [5, 5.41) is 0. The van der Waals surface area contributed by atoms with Gasteiger partial charge in [-0.3, -0.25) is 0 Å². The average molecular weight is 269 g/mol. The van der Waals surface area contributed by atoms with Gasteiger partial charge in [0.25, 0.3) is 0 Å². The van der Waals surface area contributed by atoms with Gasteiger partial charge in [-0.2, -0.15) is 11.2 Å². The molecule has 0 aromatic heterocycles. The molecule has 0 nitrogen and oxygen atoms in total. The van der Waals surface area contributed by atoms with Crippen LogP contribution in [0, 0.1) is 0 Å². The molecule has 1 atom stereocenters. The van der Waals surface area contributed by atoms with E-state index in [1.807, 2.05) is 0 Å². The maximum Gasteiger partial charge on any atom is 0.108 e. The van der Waals surface area contributed by atoms with E-state index >= 15 is 0 Å². The molecule has 90 valence electrons. The third kappa shape index (κ3) is 4.47. The predicted octanol–water partition coefficient (Wildman–Crippen LogP) is 5.17. The van der Waals surface area contributed by atoms with Crippen LogP contribution in [0.25, 0.3) is 0 Å². The van der Waals surface area contributed by atoms with Crippen molar-refractivity contribution in [1.29, 1.82) is 0 Å². The third-order valence-corrected chi connectivity index (χ3v) is 11.5. The summed E-state index contributed by atoms with van der Waals surface area (Å²) in [6.45, 7) is 14.8. The Hall–Kier alpha value is 0.00377. The van der Waals surface area contributed by atoms with Crippen LogP contribution < -0.4 is 0 Å². The molecule has 0 aliphatic rings. The number of benzene rings is 1. The second-order valence-corrected chi connectivity index (χ2v) is 21.4. The molecule has 0 spiro atoms. The summed E-state index contributed by atoms with van der Waals surface area (Å²) < 4.78 is 0. The first kappa shape index (κ1) is 14.1. The zero-order valence-corrected chi connectivity index (χ0v) is 14.2. The fourth-order valence-corrected chi connectivity index (χ4v) is 14.2. The standard InChI is InChI=1S/C13H24SSi2/c1-15(2,3)13(14-16(4,5)6)12-10-8-7-9-11-12/h7-11,13H,1-6H3. The zero-order chi connectivity index (χ0) is 12.4. The van der Waals surface area contributed by atoms with Crippen LogP contribution in [0.15, 0.2) is 30.3 Å². The Balaban J connectivity index is 2.98. The van der Waals surface area contributed by atoms with Gasteiger partial charge in [0.05, 0.1) is 8.07 Å². The minimum Gasteiger partial charge on any atom is -0.181 e. The zero-order valence-electron chi connectivity index (χ0n) is 11.4. The van der Waals surface area contributed by atoms with Crippen LogP contribution in [0.3, 0.4) is 0 Å². The van der Waals surface area contributed by atoms with Gasteiger partial charge in [-0.1, -0.05) is 69.6 Å². The van der Waals surface area contributed by atoms with Crippen LogP contribution >= 0.6 is 11.2 Å². The summed E-state index contributed by atoms with van der Waals surface area (Å²) in [5.41, 5.74) is 1.54. The Morgan fingerprint density at radius 1 is 0.875 bits per heavy atom. The molecule has 3 heteroatoms. The first-order chi connectivity index (χ1) is 7.20. The van der Waals surface area contributed by atoms with Gasteiger partial charge in [0, 0.05) is 4.87 Å². The molecule has 0 saturated heterocycles. The lowest BCUT2D eigenvalue weighted by Crippen LogP contribution is -2.33. The maximum atomic E-state index is 2.48. The van der Waals surface area contributed by atoms with Crippen LogP contribution in [0.5, 0.6) is 0 Å². The van der Waals surface area contributed by atoms with Crippen LogP contribution in [0.2, 0.25) is 39.3 Å². The summed E-state index contributed by atoms with van der Waals surface area (Å²) in [6.07, 6.45) is 0. The third-order valence-electron chi connectivity index (χ3n) is 2.36. The summed E-state index contributed by atoms with van der Waals surface area (Å²) in [4.78, 5) is 0.750. The van der Waals surface area contributed by atoms with Crippen LogP contribution in [-0.4, -0.2) is 15.3 Å². The van der Waals surface area contributed by atoms with Crippen molar-refractivity contribution in [2.45, 2.75) is 44.2 Å². The topological polar surface area (TPSA) is 0 Å². The van der Waals surface area contributed by atoms with Crippen molar-refractivity contribution in [3.05, 3.63) is 35.9 Å². The molecule has 0 radical (unpaired) electrons. The minimum atomic E-state index is -1.14. The Kier molecular flexibility index (Phi) is 4.49. The van der Waals surface area contributed by atoms with Gasteiger partial charge in [0.15, 0.2) is 0 Å². The van der Waals surface area contributed by atoms with Crippen molar-refractivity contribution in [2.24, 2.45) is 0 Å². The van der Waals surface area contributed by atoms with E-state index in [1.165, 1.54) is 5.56 Å². The molecule has 0 saturated carbocycles. The second kappa shape index (κ2) is 5.11. The Morgan fingerprint density at radius 3 is 1.75 bits per heavy atom. The molecule has 0 bridgehead atoms. The van der Waals surface area contributed by atoms with E-state index in [-0.39, 0.29) is 0 Å². The molecule has 1 rings (SSSR count). The maximum absolute atomic E-state index is 2.48. The average Bonchev–Trinajstić information content (AvgIpc) is 2.13. The van der Waals surface area contributed by atoms with Gasteiger partial charge in [-0.05, 0) is 5.56 Å². The highest BCUT2D eigenvalue weighted by atomic mass is 32.4. The van der Waals surface area contributed by atoms with Crippen molar-refractivity contribution >= 4 is 26.5 Å². The molecule has 16 heavy (non-hydrogen) atoms. The highest BCUT2D eigenvalue weighted by Gasteiger charge is 2.32. The number of hydrogen-bond acceptors (Lipinski definition) is 1. The van der Waals surface area contributed by atoms with E-state index in [0.717, 1.165) is 4.87 Å². The molecule has 0 heterocycles. The van der Waals surface area contributed by atoms with Crippen molar-refractivity contribution < 1.29 is 0 Å². The highest BCUT2D eigenvalue weighted by Crippen LogP contribution is 2.42. The quantitative estimate of drug-likeness (QED) is 0.679. The molecule has 1 unspecified atom stereocenters. The van der Waals surface area contributed by atoms with Crippen molar-refractivity contribution in [3.63, 3.8) is 0 Å². The predicted molar refractivity (Wildman–Crippen MR) is 83.5 cm³/mol. The molecule has 1 aromatic rings. The first-order valence-electron chi connectivity index (χ1n) is 5.93. The molecule has 0 fully saturated rings. The lowest BCUT2D eigenvalue weighted by atomic mass is 10.2. The first-order valence-corrected chi connectivity index (χ1v) is 14.6. The lowest BCUT2D eigenvalue weighted by Gasteiger charge is -2.33. The van der Waals surface area contributed by atoms with Crippen LogP contribution in [-0.2, 0) is 0 Å². The summed E-state index contributed by atoms with van der Waals surface area (Å²) >= 11 is 2.26. The van der Waals surface area contributed by atoms with Gasteiger partial charge in [0.2, 0.25) is 0 Å². The Labute approximate surface area is 107 Å². The Morgan fingerprint density at radius 2 is 1.38 bits per heavy atom. The van der Waals surface area contributed by atoms with Crippen LogP contribution in [0.1, 0.15) is 10.4 Å². The Bertz CT molecular complexity index is 322. The molecular weight excluding hydrogens is 244 g/mol. The highest BCUT2D eigenvalue weighted by molar-refractivity contribution is 8.29. The van der Waals surface area contributed by atoms with E-state index in [1.54, 1.807) is 0 Å². The van der Waals surface area contributed by atoms with Gasteiger partial charge >= 0.3 is 0 Å². The van der Waals surface area contributed by atoms with E-state index < -0.39 is 15.3 Å².